The van der Waals surface area contributed by atoms with Crippen molar-refractivity contribution in [1.82, 2.24) is 10.2 Å². The molecule has 3 fully saturated rings. The van der Waals surface area contributed by atoms with Crippen LogP contribution in [0.2, 0.25) is 0 Å². The third-order valence-corrected chi connectivity index (χ3v) is 7.80. The van der Waals surface area contributed by atoms with E-state index < -0.39 is 9.84 Å². The topological polar surface area (TPSA) is 66.5 Å². The van der Waals surface area contributed by atoms with E-state index in [2.05, 4.69) is 12.2 Å². The highest BCUT2D eigenvalue weighted by Gasteiger charge is 2.42. The van der Waals surface area contributed by atoms with Crippen molar-refractivity contribution in [2.24, 2.45) is 17.8 Å². The van der Waals surface area contributed by atoms with Crippen LogP contribution < -0.4 is 5.32 Å². The molecule has 0 aromatic heterocycles. The van der Waals surface area contributed by atoms with Gasteiger partial charge in [-0.2, -0.15) is 0 Å². The predicted molar refractivity (Wildman–Crippen MR) is 86.2 cm³/mol. The van der Waals surface area contributed by atoms with E-state index in [1.807, 2.05) is 11.9 Å². The molecule has 2 saturated carbocycles. The number of nitrogens with zero attached hydrogens (tertiary/aromatic N) is 1. The minimum absolute atomic E-state index is 0.00597. The van der Waals surface area contributed by atoms with Crippen LogP contribution in [-0.2, 0) is 14.6 Å². The Bertz CT molecular complexity index is 534. The molecule has 5 nitrogen and oxygen atoms in total. The van der Waals surface area contributed by atoms with Crippen LogP contribution in [-0.4, -0.2) is 56.4 Å². The Morgan fingerprint density at radius 1 is 1.27 bits per heavy atom. The summed E-state index contributed by atoms with van der Waals surface area (Å²) in [4.78, 5) is 14.1. The molecule has 1 aliphatic heterocycles. The number of nitrogens with one attached hydrogen (secondary N) is 1. The molecule has 0 aromatic carbocycles. The quantitative estimate of drug-likeness (QED) is 0.819. The lowest BCUT2D eigenvalue weighted by molar-refractivity contribution is -0.123. The molecule has 126 valence electrons. The fourth-order valence-electron chi connectivity index (χ4n) is 4.79. The van der Waals surface area contributed by atoms with Crippen LogP contribution in [0.25, 0.3) is 0 Å². The minimum atomic E-state index is -2.89. The molecule has 6 heteroatoms. The summed E-state index contributed by atoms with van der Waals surface area (Å²) in [5, 5.41) is 3.15. The third-order valence-electron chi connectivity index (χ3n) is 6.05. The molecule has 5 atom stereocenters. The molecule has 2 aliphatic carbocycles. The van der Waals surface area contributed by atoms with Gasteiger partial charge in [-0.05, 0) is 57.4 Å². The first kappa shape index (κ1) is 16.2. The first-order chi connectivity index (χ1) is 10.3. The second-order valence-corrected chi connectivity index (χ2v) is 9.90. The minimum Gasteiger partial charge on any atom is -0.352 e. The normalized spacial score (nSPS) is 37.6. The van der Waals surface area contributed by atoms with Gasteiger partial charge in [0.1, 0.15) is 0 Å². The Hall–Kier alpha value is -0.620. The van der Waals surface area contributed by atoms with Gasteiger partial charge in [-0.15, -0.1) is 0 Å². The number of sulfone groups is 1. The van der Waals surface area contributed by atoms with Gasteiger partial charge < -0.3 is 5.32 Å². The number of hydrogen-bond acceptors (Lipinski definition) is 4. The van der Waals surface area contributed by atoms with Crippen LogP contribution in [0.3, 0.4) is 0 Å². The molecule has 0 aromatic rings. The highest BCUT2D eigenvalue weighted by molar-refractivity contribution is 7.91. The van der Waals surface area contributed by atoms with Crippen molar-refractivity contribution in [2.45, 2.75) is 51.1 Å². The van der Waals surface area contributed by atoms with Crippen LogP contribution in [0.4, 0.5) is 0 Å². The van der Waals surface area contributed by atoms with Crippen molar-refractivity contribution in [3.05, 3.63) is 0 Å². The highest BCUT2D eigenvalue weighted by Crippen LogP contribution is 2.49. The molecule has 5 unspecified atom stereocenters. The van der Waals surface area contributed by atoms with E-state index in [9.17, 15) is 13.2 Å². The van der Waals surface area contributed by atoms with E-state index in [4.69, 9.17) is 0 Å². The number of hydrogen-bond donors (Lipinski definition) is 1. The van der Waals surface area contributed by atoms with Gasteiger partial charge in [0.2, 0.25) is 5.91 Å². The van der Waals surface area contributed by atoms with Gasteiger partial charge in [0.05, 0.1) is 18.1 Å². The summed E-state index contributed by atoms with van der Waals surface area (Å²) in [6.07, 6.45) is 5.97. The number of rotatable bonds is 5. The average Bonchev–Trinajstić information content (AvgIpc) is 3.12. The van der Waals surface area contributed by atoms with Crippen molar-refractivity contribution in [2.75, 3.05) is 25.1 Å². The van der Waals surface area contributed by atoms with Gasteiger partial charge >= 0.3 is 0 Å². The molecule has 1 heterocycles. The van der Waals surface area contributed by atoms with E-state index in [-0.39, 0.29) is 29.5 Å². The summed E-state index contributed by atoms with van der Waals surface area (Å²) >= 11 is 0. The summed E-state index contributed by atoms with van der Waals surface area (Å²) < 4.78 is 23.1. The molecule has 3 aliphatic rings. The number of carbonyl (C=O) groups is 1. The van der Waals surface area contributed by atoms with Crippen LogP contribution in [0.1, 0.15) is 39.0 Å². The van der Waals surface area contributed by atoms with Gasteiger partial charge in [0.25, 0.3) is 0 Å². The number of fused-ring (bicyclic) bond motifs is 2. The summed E-state index contributed by atoms with van der Waals surface area (Å²) in [5.74, 6) is 2.81. The van der Waals surface area contributed by atoms with Gasteiger partial charge in [0, 0.05) is 12.1 Å². The maximum absolute atomic E-state index is 12.2. The van der Waals surface area contributed by atoms with Crippen molar-refractivity contribution in [1.29, 1.82) is 0 Å². The van der Waals surface area contributed by atoms with Gasteiger partial charge in [-0.25, -0.2) is 8.42 Å². The summed E-state index contributed by atoms with van der Waals surface area (Å²) in [5.41, 5.74) is 0. The van der Waals surface area contributed by atoms with Crippen molar-refractivity contribution < 1.29 is 13.2 Å². The number of likely N-dealkylation sites (N-methyl/N-ethyl adjacent to an activating group) is 1. The maximum Gasteiger partial charge on any atom is 0.234 e. The average molecular weight is 328 g/mol. The SMILES string of the molecule is CC(NC(=O)CN(C)C1CCS(=O)(=O)C1)C1CC2CCC1C2. The molecule has 3 rings (SSSR count). The lowest BCUT2D eigenvalue weighted by atomic mass is 9.84. The first-order valence-electron chi connectivity index (χ1n) is 8.54. The molecule has 2 bridgehead atoms. The van der Waals surface area contributed by atoms with Gasteiger partial charge in [-0.1, -0.05) is 6.42 Å². The second-order valence-electron chi connectivity index (χ2n) is 7.67. The number of carbonyl (C=O) groups excluding carboxylic acids is 1. The van der Waals surface area contributed by atoms with Crippen LogP contribution in [0, 0.1) is 17.8 Å². The predicted octanol–water partition coefficient (Wildman–Crippen LogP) is 1.05. The van der Waals surface area contributed by atoms with E-state index in [0.29, 0.717) is 18.9 Å². The zero-order chi connectivity index (χ0) is 15.9. The van der Waals surface area contributed by atoms with E-state index in [1.165, 1.54) is 25.7 Å². The maximum atomic E-state index is 12.2. The first-order valence-corrected chi connectivity index (χ1v) is 10.4. The molecule has 1 amide bonds. The summed E-state index contributed by atoms with van der Waals surface area (Å²) in [7, 11) is -1.04. The lowest BCUT2D eigenvalue weighted by Crippen LogP contribution is -2.46. The van der Waals surface area contributed by atoms with E-state index in [1.54, 1.807) is 0 Å². The fourth-order valence-corrected chi connectivity index (χ4v) is 6.60. The largest absolute Gasteiger partial charge is 0.352 e. The van der Waals surface area contributed by atoms with Gasteiger partial charge in [0.15, 0.2) is 9.84 Å². The van der Waals surface area contributed by atoms with Crippen molar-refractivity contribution in [3.8, 4) is 0 Å². The zero-order valence-electron chi connectivity index (χ0n) is 13.6. The van der Waals surface area contributed by atoms with Gasteiger partial charge in [-0.3, -0.25) is 9.69 Å². The monoisotopic (exact) mass is 328 g/mol. The third kappa shape index (κ3) is 3.48. The van der Waals surface area contributed by atoms with Crippen molar-refractivity contribution in [3.63, 3.8) is 0 Å². The Kier molecular flexibility index (Phi) is 4.52. The van der Waals surface area contributed by atoms with Crippen molar-refractivity contribution >= 4 is 15.7 Å². The lowest BCUT2D eigenvalue weighted by Gasteiger charge is -2.30. The smallest absolute Gasteiger partial charge is 0.234 e. The second kappa shape index (κ2) is 6.11. The molecule has 22 heavy (non-hydrogen) atoms. The van der Waals surface area contributed by atoms with Crippen LogP contribution in [0.15, 0.2) is 0 Å². The van der Waals surface area contributed by atoms with Crippen LogP contribution >= 0.6 is 0 Å². The fraction of sp³-hybridized carbons (Fsp3) is 0.938. The molecule has 1 N–H and O–H groups in total. The molecular formula is C16H28N2O3S. The molecule has 0 radical (unpaired) electrons. The van der Waals surface area contributed by atoms with Crippen LogP contribution in [0.5, 0.6) is 0 Å². The Morgan fingerprint density at radius 3 is 2.59 bits per heavy atom. The van der Waals surface area contributed by atoms with E-state index >= 15 is 0 Å². The summed E-state index contributed by atoms with van der Waals surface area (Å²) in [6, 6.07) is 0.233. The standard InChI is InChI=1S/C16H28N2O3S/c1-11(15-8-12-3-4-13(15)7-12)17-16(19)9-18(2)14-5-6-22(20,21)10-14/h11-15H,3-10H2,1-2H3,(H,17,19). The molecule has 1 saturated heterocycles. The Labute approximate surface area is 133 Å². The molecule has 0 spiro atoms. The Balaban J connectivity index is 1.46. The van der Waals surface area contributed by atoms with E-state index in [0.717, 1.165) is 11.8 Å². The Morgan fingerprint density at radius 2 is 2.05 bits per heavy atom. The zero-order valence-corrected chi connectivity index (χ0v) is 14.4. The highest BCUT2D eigenvalue weighted by atomic mass is 32.2. The summed E-state index contributed by atoms with van der Waals surface area (Å²) in [6.45, 7) is 2.43. The molecular weight excluding hydrogens is 300 g/mol. The number of amides is 1.